The van der Waals surface area contributed by atoms with Crippen LogP contribution < -0.4 is 5.32 Å². The lowest BCUT2D eigenvalue weighted by Gasteiger charge is -2.09. The summed E-state index contributed by atoms with van der Waals surface area (Å²) >= 11 is 1.68. The zero-order valence-electron chi connectivity index (χ0n) is 9.57. The average molecular weight is 227 g/mol. The second-order valence-electron chi connectivity index (χ2n) is 3.65. The van der Waals surface area contributed by atoms with E-state index in [0.29, 0.717) is 0 Å². The van der Waals surface area contributed by atoms with Crippen LogP contribution in [0.2, 0.25) is 0 Å². The monoisotopic (exact) mass is 227 g/mol. The molecule has 0 spiro atoms. The Morgan fingerprint density at radius 2 is 2.40 bits per heavy atom. The van der Waals surface area contributed by atoms with Gasteiger partial charge in [0.25, 0.3) is 0 Å². The molecule has 0 aliphatic rings. The van der Waals surface area contributed by atoms with Gasteiger partial charge in [-0.15, -0.1) is 0 Å². The van der Waals surface area contributed by atoms with Crippen molar-refractivity contribution in [2.24, 2.45) is 13.0 Å². The number of carbonyl (C=O) groups is 1. The van der Waals surface area contributed by atoms with Gasteiger partial charge in [-0.2, -0.15) is 16.9 Å². The molecule has 0 fully saturated rings. The van der Waals surface area contributed by atoms with Gasteiger partial charge in [0.15, 0.2) is 0 Å². The van der Waals surface area contributed by atoms with Crippen molar-refractivity contribution in [1.29, 1.82) is 0 Å². The van der Waals surface area contributed by atoms with E-state index in [1.54, 1.807) is 16.4 Å². The first-order valence-corrected chi connectivity index (χ1v) is 6.24. The topological polar surface area (TPSA) is 46.9 Å². The van der Waals surface area contributed by atoms with Crippen molar-refractivity contribution < 1.29 is 4.79 Å². The SMILES string of the molecule is CSCC(C)C(=O)Nc1cn(C)nc1C. The maximum atomic E-state index is 11.7. The highest BCUT2D eigenvalue weighted by molar-refractivity contribution is 7.98. The Kier molecular flexibility index (Phi) is 4.20. The zero-order chi connectivity index (χ0) is 11.4. The number of nitrogens with zero attached hydrogens (tertiary/aromatic N) is 2. The highest BCUT2D eigenvalue weighted by Crippen LogP contribution is 2.14. The maximum absolute atomic E-state index is 11.7. The molecule has 1 atom stereocenters. The van der Waals surface area contributed by atoms with Crippen LogP contribution in [0.3, 0.4) is 0 Å². The summed E-state index contributed by atoms with van der Waals surface area (Å²) in [5.41, 5.74) is 1.65. The molecule has 1 unspecified atom stereocenters. The smallest absolute Gasteiger partial charge is 0.228 e. The van der Waals surface area contributed by atoms with Gasteiger partial charge in [-0.05, 0) is 13.2 Å². The number of aromatic nitrogens is 2. The van der Waals surface area contributed by atoms with Gasteiger partial charge in [-0.25, -0.2) is 0 Å². The molecular formula is C10H17N3OS. The molecule has 1 aromatic rings. The van der Waals surface area contributed by atoms with Crippen LogP contribution >= 0.6 is 11.8 Å². The van der Waals surface area contributed by atoms with Crippen LogP contribution in [0.15, 0.2) is 6.20 Å². The van der Waals surface area contributed by atoms with Crippen molar-refractivity contribution in [3.63, 3.8) is 0 Å². The lowest BCUT2D eigenvalue weighted by Crippen LogP contribution is -2.22. The molecule has 1 rings (SSSR count). The van der Waals surface area contributed by atoms with Gasteiger partial charge >= 0.3 is 0 Å². The van der Waals surface area contributed by atoms with Crippen molar-refractivity contribution in [3.8, 4) is 0 Å². The Labute approximate surface area is 94.4 Å². The van der Waals surface area contributed by atoms with Crippen LogP contribution in [0.1, 0.15) is 12.6 Å². The van der Waals surface area contributed by atoms with Gasteiger partial charge < -0.3 is 5.32 Å². The van der Waals surface area contributed by atoms with Crippen LogP contribution in [0, 0.1) is 12.8 Å². The summed E-state index contributed by atoms with van der Waals surface area (Å²) in [5.74, 6) is 0.922. The largest absolute Gasteiger partial charge is 0.323 e. The molecule has 0 radical (unpaired) electrons. The zero-order valence-corrected chi connectivity index (χ0v) is 10.4. The van der Waals surface area contributed by atoms with Crippen LogP contribution in [-0.4, -0.2) is 27.7 Å². The molecular weight excluding hydrogens is 210 g/mol. The molecule has 1 heterocycles. The van der Waals surface area contributed by atoms with E-state index in [1.165, 1.54) is 0 Å². The third-order valence-electron chi connectivity index (χ3n) is 2.14. The summed E-state index contributed by atoms with van der Waals surface area (Å²) in [7, 11) is 1.84. The lowest BCUT2D eigenvalue weighted by atomic mass is 10.2. The highest BCUT2D eigenvalue weighted by atomic mass is 32.2. The Bertz CT molecular complexity index is 348. The van der Waals surface area contributed by atoms with Crippen LogP contribution in [0.25, 0.3) is 0 Å². The van der Waals surface area contributed by atoms with Crippen molar-refractivity contribution in [2.45, 2.75) is 13.8 Å². The van der Waals surface area contributed by atoms with E-state index in [9.17, 15) is 4.79 Å². The predicted octanol–water partition coefficient (Wildman–Crippen LogP) is 1.67. The highest BCUT2D eigenvalue weighted by Gasteiger charge is 2.14. The number of nitrogens with one attached hydrogen (secondary N) is 1. The Balaban J connectivity index is 2.62. The summed E-state index contributed by atoms with van der Waals surface area (Å²) in [6.07, 6.45) is 3.82. The Hall–Kier alpha value is -0.970. The quantitative estimate of drug-likeness (QED) is 0.851. The molecule has 1 aromatic heterocycles. The number of thioether (sulfide) groups is 1. The van der Waals surface area contributed by atoms with Gasteiger partial charge in [-0.3, -0.25) is 9.48 Å². The maximum Gasteiger partial charge on any atom is 0.228 e. The molecule has 1 amide bonds. The summed E-state index contributed by atoms with van der Waals surface area (Å²) in [6.45, 7) is 3.81. The summed E-state index contributed by atoms with van der Waals surface area (Å²) in [5, 5.41) is 7.05. The molecule has 15 heavy (non-hydrogen) atoms. The van der Waals surface area contributed by atoms with E-state index < -0.39 is 0 Å². The molecule has 0 saturated heterocycles. The van der Waals surface area contributed by atoms with E-state index in [0.717, 1.165) is 17.1 Å². The number of carbonyl (C=O) groups excluding carboxylic acids is 1. The van der Waals surface area contributed by atoms with E-state index in [2.05, 4.69) is 10.4 Å². The Morgan fingerprint density at radius 1 is 1.73 bits per heavy atom. The molecule has 4 nitrogen and oxygen atoms in total. The average Bonchev–Trinajstić information content (AvgIpc) is 2.45. The number of aryl methyl sites for hydroxylation is 2. The Morgan fingerprint density at radius 3 is 2.87 bits per heavy atom. The molecule has 0 aliphatic carbocycles. The van der Waals surface area contributed by atoms with Gasteiger partial charge in [-0.1, -0.05) is 6.92 Å². The molecule has 0 aromatic carbocycles. The van der Waals surface area contributed by atoms with Gasteiger partial charge in [0.2, 0.25) is 5.91 Å². The first-order chi connectivity index (χ1) is 7.04. The lowest BCUT2D eigenvalue weighted by molar-refractivity contribution is -0.118. The molecule has 1 N–H and O–H groups in total. The van der Waals surface area contributed by atoms with Crippen molar-refractivity contribution in [2.75, 3.05) is 17.3 Å². The minimum absolute atomic E-state index is 0.0274. The fourth-order valence-electron chi connectivity index (χ4n) is 1.30. The molecule has 0 saturated carbocycles. The van der Waals surface area contributed by atoms with E-state index in [1.807, 2.05) is 33.3 Å². The number of anilines is 1. The normalized spacial score (nSPS) is 12.5. The minimum Gasteiger partial charge on any atom is -0.323 e. The molecule has 0 aliphatic heterocycles. The van der Waals surface area contributed by atoms with Gasteiger partial charge in [0.1, 0.15) is 0 Å². The van der Waals surface area contributed by atoms with E-state index >= 15 is 0 Å². The standard InChI is InChI=1S/C10H17N3OS/c1-7(6-15-4)10(14)11-9-5-13(3)12-8(9)2/h5,7H,6H2,1-4H3,(H,11,14). The van der Waals surface area contributed by atoms with Crippen molar-refractivity contribution in [1.82, 2.24) is 9.78 Å². The van der Waals surface area contributed by atoms with Crippen LogP contribution in [-0.2, 0) is 11.8 Å². The fourth-order valence-corrected chi connectivity index (χ4v) is 1.96. The summed E-state index contributed by atoms with van der Waals surface area (Å²) in [4.78, 5) is 11.7. The van der Waals surface area contributed by atoms with Crippen LogP contribution in [0.5, 0.6) is 0 Å². The van der Waals surface area contributed by atoms with Crippen molar-refractivity contribution >= 4 is 23.4 Å². The molecule has 84 valence electrons. The predicted molar refractivity (Wildman–Crippen MR) is 64.1 cm³/mol. The summed E-state index contributed by atoms with van der Waals surface area (Å²) in [6, 6.07) is 0. The van der Waals surface area contributed by atoms with Crippen LogP contribution in [0.4, 0.5) is 5.69 Å². The van der Waals surface area contributed by atoms with E-state index in [4.69, 9.17) is 0 Å². The van der Waals surface area contributed by atoms with E-state index in [-0.39, 0.29) is 11.8 Å². The third kappa shape index (κ3) is 3.27. The number of hydrogen-bond donors (Lipinski definition) is 1. The second-order valence-corrected chi connectivity index (χ2v) is 4.56. The summed E-state index contributed by atoms with van der Waals surface area (Å²) < 4.78 is 1.70. The minimum atomic E-state index is 0.0274. The number of amides is 1. The fraction of sp³-hybridized carbons (Fsp3) is 0.600. The first kappa shape index (κ1) is 12.1. The number of hydrogen-bond acceptors (Lipinski definition) is 3. The van der Waals surface area contributed by atoms with Gasteiger partial charge in [0, 0.05) is 24.9 Å². The van der Waals surface area contributed by atoms with Gasteiger partial charge in [0.05, 0.1) is 11.4 Å². The second kappa shape index (κ2) is 5.21. The molecule has 0 bridgehead atoms. The van der Waals surface area contributed by atoms with Crippen molar-refractivity contribution in [3.05, 3.63) is 11.9 Å². The first-order valence-electron chi connectivity index (χ1n) is 4.84. The molecule has 5 heteroatoms. The number of rotatable bonds is 4. The third-order valence-corrected chi connectivity index (χ3v) is 2.97.